The van der Waals surface area contributed by atoms with Crippen molar-refractivity contribution >= 4 is 43.8 Å². The Morgan fingerprint density at radius 2 is 1.92 bits per heavy atom. The molecule has 1 unspecified atom stereocenters. The molecule has 4 aromatic rings. The van der Waals surface area contributed by atoms with Crippen LogP contribution in [0.25, 0.3) is 22.2 Å². The topological polar surface area (TPSA) is 97.3 Å². The largest absolute Gasteiger partial charge is 0.376 e. The fourth-order valence-corrected chi connectivity index (χ4v) is 5.75. The molecule has 8 nitrogen and oxygen atoms in total. The van der Waals surface area contributed by atoms with Gasteiger partial charge in [0.15, 0.2) is 9.84 Å². The third kappa shape index (κ3) is 5.66. The molecule has 0 amide bonds. The van der Waals surface area contributed by atoms with E-state index in [1.54, 1.807) is 50.4 Å². The van der Waals surface area contributed by atoms with Gasteiger partial charge in [0.2, 0.25) is 0 Å². The first kappa shape index (κ1) is 26.5. The first-order valence-corrected chi connectivity index (χ1v) is 14.5. The van der Waals surface area contributed by atoms with Gasteiger partial charge in [0.1, 0.15) is 11.6 Å². The second-order valence-electron chi connectivity index (χ2n) is 9.71. The Morgan fingerprint density at radius 1 is 1.13 bits per heavy atom. The predicted molar refractivity (Wildman–Crippen MR) is 151 cm³/mol. The first-order chi connectivity index (χ1) is 18.2. The van der Waals surface area contributed by atoms with Crippen LogP contribution >= 0.6 is 11.6 Å². The number of fused-ring (bicyclic) bond motifs is 1. The molecule has 1 N–H and O–H groups in total. The summed E-state index contributed by atoms with van der Waals surface area (Å²) >= 11 is 6.42. The number of sulfone groups is 1. The number of pyridine rings is 1. The molecule has 2 aromatic heterocycles. The monoisotopic (exact) mass is 551 g/mol. The highest BCUT2D eigenvalue weighted by Gasteiger charge is 2.21. The van der Waals surface area contributed by atoms with Crippen LogP contribution in [0.4, 0.5) is 11.5 Å². The quantitative estimate of drug-likeness (QED) is 0.322. The van der Waals surface area contributed by atoms with Crippen LogP contribution in [-0.4, -0.2) is 59.3 Å². The molecule has 0 aliphatic carbocycles. The van der Waals surface area contributed by atoms with E-state index < -0.39 is 15.1 Å². The lowest BCUT2D eigenvalue weighted by molar-refractivity contribution is -0.0219. The van der Waals surface area contributed by atoms with Gasteiger partial charge >= 0.3 is 0 Å². The van der Waals surface area contributed by atoms with Crippen LogP contribution in [0.5, 0.6) is 0 Å². The SMILES string of the molecule is CC1CN(Cc2nc(Nc3ccc(S(=O)(=O)C(C)C)cc3)c3ccc(-c4ncccc4Cl)cc3n2)CCO1. The lowest BCUT2D eigenvalue weighted by Gasteiger charge is -2.30. The van der Waals surface area contributed by atoms with Crippen LogP contribution in [0, 0.1) is 0 Å². The van der Waals surface area contributed by atoms with Crippen molar-refractivity contribution in [2.24, 2.45) is 0 Å². The van der Waals surface area contributed by atoms with Gasteiger partial charge in [-0.05, 0) is 69.3 Å². The van der Waals surface area contributed by atoms with Crippen molar-refractivity contribution in [2.45, 2.75) is 43.6 Å². The summed E-state index contributed by atoms with van der Waals surface area (Å²) in [5.74, 6) is 1.32. The summed E-state index contributed by atoms with van der Waals surface area (Å²) in [4.78, 5) is 16.8. The second-order valence-corrected chi connectivity index (χ2v) is 12.6. The summed E-state index contributed by atoms with van der Waals surface area (Å²) in [5.41, 5.74) is 3.05. The average Bonchev–Trinajstić information content (AvgIpc) is 2.89. The van der Waals surface area contributed by atoms with Gasteiger partial charge in [0, 0.05) is 35.9 Å². The van der Waals surface area contributed by atoms with Crippen LogP contribution in [0.1, 0.15) is 26.6 Å². The molecule has 2 aromatic carbocycles. The molecular weight excluding hydrogens is 522 g/mol. The van der Waals surface area contributed by atoms with E-state index in [9.17, 15) is 8.42 Å². The Labute approximate surface area is 228 Å². The van der Waals surface area contributed by atoms with Crippen LogP contribution < -0.4 is 5.32 Å². The van der Waals surface area contributed by atoms with Gasteiger partial charge in [-0.2, -0.15) is 0 Å². The van der Waals surface area contributed by atoms with Crippen LogP contribution in [0.3, 0.4) is 0 Å². The van der Waals surface area contributed by atoms with Crippen LogP contribution in [0.2, 0.25) is 5.02 Å². The highest BCUT2D eigenvalue weighted by atomic mass is 35.5. The molecule has 1 aliphatic rings. The smallest absolute Gasteiger partial charge is 0.180 e. The Bertz CT molecular complexity index is 1560. The van der Waals surface area contributed by atoms with E-state index in [1.807, 2.05) is 24.3 Å². The Balaban J connectivity index is 1.53. The number of nitrogens with one attached hydrogen (secondary N) is 1. The molecule has 1 atom stereocenters. The third-order valence-corrected chi connectivity index (χ3v) is 9.01. The summed E-state index contributed by atoms with van der Waals surface area (Å²) in [6, 6.07) is 16.3. The van der Waals surface area contributed by atoms with Crippen molar-refractivity contribution in [3.8, 4) is 11.3 Å². The maximum atomic E-state index is 12.5. The number of hydrogen-bond donors (Lipinski definition) is 1. The number of nitrogens with zero attached hydrogens (tertiary/aromatic N) is 4. The molecule has 198 valence electrons. The van der Waals surface area contributed by atoms with Gasteiger partial charge in [-0.15, -0.1) is 0 Å². The highest BCUT2D eigenvalue weighted by molar-refractivity contribution is 7.92. The zero-order valence-electron chi connectivity index (χ0n) is 21.6. The molecule has 38 heavy (non-hydrogen) atoms. The third-order valence-electron chi connectivity index (χ3n) is 6.53. The van der Waals surface area contributed by atoms with Gasteiger partial charge in [0.05, 0.1) is 45.6 Å². The Kier molecular flexibility index (Phi) is 7.63. The lowest BCUT2D eigenvalue weighted by atomic mass is 10.1. The summed E-state index contributed by atoms with van der Waals surface area (Å²) in [7, 11) is -3.35. The van der Waals surface area contributed by atoms with Gasteiger partial charge < -0.3 is 10.1 Å². The second kappa shape index (κ2) is 10.9. The van der Waals surface area contributed by atoms with Crippen molar-refractivity contribution in [2.75, 3.05) is 25.0 Å². The fraction of sp³-hybridized carbons (Fsp3) is 0.321. The standard InChI is InChI=1S/C28H30ClN5O3S/c1-18(2)38(35,36)22-9-7-21(8-10-22)31-28-23-11-6-20(27-24(29)5-4-12-30-27)15-25(23)32-26(33-28)17-34-13-14-37-19(3)16-34/h4-12,15,18-19H,13-14,16-17H2,1-3H3,(H,31,32,33). The Hall–Kier alpha value is -3.11. The van der Waals surface area contributed by atoms with Crippen LogP contribution in [-0.2, 0) is 21.1 Å². The van der Waals surface area contributed by atoms with E-state index in [0.29, 0.717) is 40.4 Å². The van der Waals surface area contributed by atoms with E-state index in [-0.39, 0.29) is 6.10 Å². The maximum absolute atomic E-state index is 12.5. The number of anilines is 2. The molecule has 0 saturated carbocycles. The molecule has 1 saturated heterocycles. The summed E-state index contributed by atoms with van der Waals surface area (Å²) in [6.07, 6.45) is 1.87. The van der Waals surface area contributed by atoms with Crippen molar-refractivity contribution in [1.82, 2.24) is 19.9 Å². The van der Waals surface area contributed by atoms with Gasteiger partial charge in [-0.3, -0.25) is 9.88 Å². The predicted octanol–water partition coefficient (Wildman–Crippen LogP) is 5.49. The minimum absolute atomic E-state index is 0.153. The number of benzene rings is 2. The minimum atomic E-state index is -3.35. The molecule has 1 fully saturated rings. The molecule has 0 radical (unpaired) electrons. The summed E-state index contributed by atoms with van der Waals surface area (Å²) < 4.78 is 30.8. The van der Waals surface area contributed by atoms with Gasteiger partial charge in [-0.25, -0.2) is 18.4 Å². The van der Waals surface area contributed by atoms with Crippen molar-refractivity contribution in [1.29, 1.82) is 0 Å². The maximum Gasteiger partial charge on any atom is 0.180 e. The van der Waals surface area contributed by atoms with E-state index in [4.69, 9.17) is 26.3 Å². The molecule has 1 aliphatic heterocycles. The van der Waals surface area contributed by atoms with Crippen LogP contribution in [0.15, 0.2) is 65.7 Å². The summed E-state index contributed by atoms with van der Waals surface area (Å²) in [6.45, 7) is 8.29. The number of hydrogen-bond acceptors (Lipinski definition) is 8. The fourth-order valence-electron chi connectivity index (χ4n) is 4.46. The lowest BCUT2D eigenvalue weighted by Crippen LogP contribution is -2.40. The average molecular weight is 552 g/mol. The highest BCUT2D eigenvalue weighted by Crippen LogP contribution is 2.31. The van der Waals surface area contributed by atoms with E-state index in [1.165, 1.54) is 0 Å². The first-order valence-electron chi connectivity index (χ1n) is 12.6. The zero-order chi connectivity index (χ0) is 26.9. The Morgan fingerprint density at radius 3 is 2.63 bits per heavy atom. The normalized spacial score (nSPS) is 16.7. The number of rotatable bonds is 7. The molecule has 5 rings (SSSR count). The minimum Gasteiger partial charge on any atom is -0.376 e. The molecule has 10 heteroatoms. The van der Waals surface area contributed by atoms with E-state index >= 15 is 0 Å². The molecule has 0 spiro atoms. The number of aromatic nitrogens is 3. The van der Waals surface area contributed by atoms with Gasteiger partial charge in [0.25, 0.3) is 0 Å². The molecule has 0 bridgehead atoms. The van der Waals surface area contributed by atoms with E-state index in [2.05, 4.69) is 22.1 Å². The molecule has 3 heterocycles. The summed E-state index contributed by atoms with van der Waals surface area (Å²) in [5, 5.41) is 4.29. The number of morpholine rings is 1. The van der Waals surface area contributed by atoms with Crippen molar-refractivity contribution in [3.05, 3.63) is 71.6 Å². The number of ether oxygens (including phenoxy) is 1. The zero-order valence-corrected chi connectivity index (χ0v) is 23.1. The van der Waals surface area contributed by atoms with Crippen molar-refractivity contribution < 1.29 is 13.2 Å². The number of halogens is 1. The molecular formula is C28H30ClN5O3S. The van der Waals surface area contributed by atoms with E-state index in [0.717, 1.165) is 35.2 Å². The van der Waals surface area contributed by atoms with Gasteiger partial charge in [-0.1, -0.05) is 17.7 Å². The van der Waals surface area contributed by atoms with Crippen molar-refractivity contribution in [3.63, 3.8) is 0 Å².